The predicted molar refractivity (Wildman–Crippen MR) is 107 cm³/mol. The molecule has 4 nitrogen and oxygen atoms in total. The molecule has 0 aliphatic rings. The third-order valence-electron chi connectivity index (χ3n) is 4.27. The Kier molecular flexibility index (Phi) is 5.14. The lowest BCUT2D eigenvalue weighted by molar-refractivity contribution is 0.508. The number of aromatic nitrogens is 2. The number of anilines is 1. The molecule has 128 valence electrons. The molecule has 5 heteroatoms. The van der Waals surface area contributed by atoms with Gasteiger partial charge >= 0.3 is 0 Å². The first kappa shape index (κ1) is 17.2. The molecule has 1 aromatic heterocycles. The fourth-order valence-corrected chi connectivity index (χ4v) is 2.78. The van der Waals surface area contributed by atoms with Gasteiger partial charge in [-0.05, 0) is 55.4 Å². The SMILES string of the molecule is Cc1cccc(NC(=S)N(C)Cc2cnn(-c3ccccc3)c2)c1C. The van der Waals surface area contributed by atoms with Gasteiger partial charge in [0.15, 0.2) is 5.11 Å². The molecule has 0 saturated heterocycles. The molecule has 0 amide bonds. The smallest absolute Gasteiger partial charge is 0.173 e. The molecule has 1 N–H and O–H groups in total. The van der Waals surface area contributed by atoms with Crippen LogP contribution in [0.1, 0.15) is 16.7 Å². The average molecular weight is 350 g/mol. The minimum Gasteiger partial charge on any atom is -0.348 e. The van der Waals surface area contributed by atoms with Crippen LogP contribution in [0, 0.1) is 13.8 Å². The molecule has 0 bridgehead atoms. The molecule has 0 unspecified atom stereocenters. The molecule has 0 aliphatic carbocycles. The van der Waals surface area contributed by atoms with E-state index in [9.17, 15) is 0 Å². The van der Waals surface area contributed by atoms with E-state index >= 15 is 0 Å². The Bertz CT molecular complexity index is 870. The van der Waals surface area contributed by atoms with E-state index in [1.807, 2.05) is 65.4 Å². The highest BCUT2D eigenvalue weighted by Crippen LogP contribution is 2.18. The van der Waals surface area contributed by atoms with Crippen molar-refractivity contribution in [2.75, 3.05) is 12.4 Å². The molecule has 0 fully saturated rings. The van der Waals surface area contributed by atoms with Gasteiger partial charge < -0.3 is 10.2 Å². The van der Waals surface area contributed by atoms with Crippen LogP contribution in [0.3, 0.4) is 0 Å². The fraction of sp³-hybridized carbons (Fsp3) is 0.200. The molecule has 3 rings (SSSR count). The standard InChI is InChI=1S/C20H22N4S/c1-15-8-7-11-19(16(15)2)22-20(25)23(3)13-17-12-21-24(14-17)18-9-5-4-6-10-18/h4-12,14H,13H2,1-3H3,(H,22,25). The molecular weight excluding hydrogens is 328 g/mol. The summed E-state index contributed by atoms with van der Waals surface area (Å²) in [5, 5.41) is 8.47. The molecule has 0 atom stereocenters. The summed E-state index contributed by atoms with van der Waals surface area (Å²) in [7, 11) is 1.99. The Labute approximate surface area is 154 Å². The van der Waals surface area contributed by atoms with Gasteiger partial charge in [-0.3, -0.25) is 0 Å². The molecule has 2 aromatic carbocycles. The van der Waals surface area contributed by atoms with Gasteiger partial charge in [0.2, 0.25) is 0 Å². The summed E-state index contributed by atoms with van der Waals surface area (Å²) in [5.41, 5.74) is 5.68. The molecule has 0 saturated carbocycles. The van der Waals surface area contributed by atoms with E-state index in [0.29, 0.717) is 11.7 Å². The third-order valence-corrected chi connectivity index (χ3v) is 4.68. The van der Waals surface area contributed by atoms with E-state index in [1.54, 1.807) is 0 Å². The molecule has 0 spiro atoms. The summed E-state index contributed by atoms with van der Waals surface area (Å²) in [6.45, 7) is 4.90. The summed E-state index contributed by atoms with van der Waals surface area (Å²) < 4.78 is 1.88. The van der Waals surface area contributed by atoms with Gasteiger partial charge in [0.1, 0.15) is 0 Å². The number of aryl methyl sites for hydroxylation is 1. The zero-order valence-electron chi connectivity index (χ0n) is 14.7. The van der Waals surface area contributed by atoms with Crippen LogP contribution in [-0.4, -0.2) is 26.8 Å². The number of rotatable bonds is 4. The number of nitrogens with one attached hydrogen (secondary N) is 1. The highest BCUT2D eigenvalue weighted by molar-refractivity contribution is 7.80. The van der Waals surface area contributed by atoms with Crippen molar-refractivity contribution in [2.24, 2.45) is 0 Å². The minimum atomic E-state index is 0.696. The van der Waals surface area contributed by atoms with Crippen molar-refractivity contribution in [3.05, 3.63) is 77.6 Å². The summed E-state index contributed by atoms with van der Waals surface area (Å²) in [6, 6.07) is 16.3. The van der Waals surface area contributed by atoms with Crippen molar-refractivity contribution in [3.8, 4) is 5.69 Å². The van der Waals surface area contributed by atoms with E-state index in [4.69, 9.17) is 12.2 Å². The topological polar surface area (TPSA) is 33.1 Å². The molecule has 25 heavy (non-hydrogen) atoms. The fourth-order valence-electron chi connectivity index (χ4n) is 2.61. The van der Waals surface area contributed by atoms with Crippen LogP contribution in [-0.2, 0) is 6.54 Å². The quantitative estimate of drug-likeness (QED) is 0.711. The number of hydrogen-bond donors (Lipinski definition) is 1. The first-order chi connectivity index (χ1) is 12.0. The van der Waals surface area contributed by atoms with Gasteiger partial charge in [-0.25, -0.2) is 4.68 Å². The molecular formula is C20H22N4S. The number of hydrogen-bond acceptors (Lipinski definition) is 2. The van der Waals surface area contributed by atoms with Gasteiger partial charge in [-0.2, -0.15) is 5.10 Å². The van der Waals surface area contributed by atoms with Gasteiger partial charge in [0.05, 0.1) is 11.9 Å². The first-order valence-electron chi connectivity index (χ1n) is 8.22. The van der Waals surface area contributed by atoms with Crippen molar-refractivity contribution >= 4 is 23.0 Å². The molecule has 0 radical (unpaired) electrons. The Balaban J connectivity index is 1.66. The molecule has 1 heterocycles. The maximum atomic E-state index is 5.55. The maximum Gasteiger partial charge on any atom is 0.173 e. The zero-order chi connectivity index (χ0) is 17.8. The van der Waals surface area contributed by atoms with E-state index in [-0.39, 0.29) is 0 Å². The van der Waals surface area contributed by atoms with Crippen LogP contribution in [0.5, 0.6) is 0 Å². The van der Waals surface area contributed by atoms with E-state index in [1.165, 1.54) is 11.1 Å². The van der Waals surface area contributed by atoms with Crippen molar-refractivity contribution in [2.45, 2.75) is 20.4 Å². The summed E-state index contributed by atoms with van der Waals surface area (Å²) >= 11 is 5.55. The number of thiocarbonyl (C=S) groups is 1. The normalized spacial score (nSPS) is 10.5. The van der Waals surface area contributed by atoms with Gasteiger partial charge in [0, 0.05) is 31.0 Å². The Morgan fingerprint density at radius 1 is 1.12 bits per heavy atom. The lowest BCUT2D eigenvalue weighted by Gasteiger charge is -2.21. The summed E-state index contributed by atoms with van der Waals surface area (Å²) in [4.78, 5) is 2.02. The van der Waals surface area contributed by atoms with Gasteiger partial charge in [-0.15, -0.1) is 0 Å². The van der Waals surface area contributed by atoms with Crippen LogP contribution >= 0.6 is 12.2 Å². The monoisotopic (exact) mass is 350 g/mol. The van der Waals surface area contributed by atoms with Crippen LogP contribution < -0.4 is 5.32 Å². The molecule has 3 aromatic rings. The number of benzene rings is 2. The highest BCUT2D eigenvalue weighted by Gasteiger charge is 2.09. The van der Waals surface area contributed by atoms with Gasteiger partial charge in [0.25, 0.3) is 0 Å². The third kappa shape index (κ3) is 4.06. The Morgan fingerprint density at radius 3 is 2.64 bits per heavy atom. The van der Waals surface area contributed by atoms with Crippen LogP contribution in [0.2, 0.25) is 0 Å². The largest absolute Gasteiger partial charge is 0.348 e. The second-order valence-electron chi connectivity index (χ2n) is 6.16. The predicted octanol–water partition coefficient (Wildman–Crippen LogP) is 4.32. The minimum absolute atomic E-state index is 0.696. The summed E-state index contributed by atoms with van der Waals surface area (Å²) in [6.07, 6.45) is 3.91. The molecule has 0 aliphatic heterocycles. The number of nitrogens with zero attached hydrogens (tertiary/aromatic N) is 3. The van der Waals surface area contributed by atoms with Crippen LogP contribution in [0.25, 0.3) is 5.69 Å². The van der Waals surface area contributed by atoms with E-state index in [2.05, 4.69) is 36.4 Å². The van der Waals surface area contributed by atoms with Gasteiger partial charge in [-0.1, -0.05) is 30.3 Å². The zero-order valence-corrected chi connectivity index (χ0v) is 15.5. The number of para-hydroxylation sites is 1. The second kappa shape index (κ2) is 7.49. The van der Waals surface area contributed by atoms with Crippen molar-refractivity contribution in [3.63, 3.8) is 0 Å². The second-order valence-corrected chi connectivity index (χ2v) is 6.55. The lowest BCUT2D eigenvalue weighted by Crippen LogP contribution is -2.30. The van der Waals surface area contributed by atoms with Crippen LogP contribution in [0.15, 0.2) is 60.9 Å². The Morgan fingerprint density at radius 2 is 1.88 bits per heavy atom. The van der Waals surface area contributed by atoms with Crippen molar-refractivity contribution < 1.29 is 0 Å². The highest BCUT2D eigenvalue weighted by atomic mass is 32.1. The lowest BCUT2D eigenvalue weighted by atomic mass is 10.1. The van der Waals surface area contributed by atoms with Crippen LogP contribution in [0.4, 0.5) is 5.69 Å². The van der Waals surface area contributed by atoms with E-state index in [0.717, 1.165) is 16.9 Å². The van der Waals surface area contributed by atoms with E-state index < -0.39 is 0 Å². The maximum absolute atomic E-state index is 5.55. The Hall–Kier alpha value is -2.66. The van der Waals surface area contributed by atoms with Crippen molar-refractivity contribution in [1.82, 2.24) is 14.7 Å². The van der Waals surface area contributed by atoms with Crippen molar-refractivity contribution in [1.29, 1.82) is 0 Å². The summed E-state index contributed by atoms with van der Waals surface area (Å²) in [5.74, 6) is 0. The first-order valence-corrected chi connectivity index (χ1v) is 8.63. The average Bonchev–Trinajstić information content (AvgIpc) is 3.08.